The monoisotopic (exact) mass is 252 g/mol. The van der Waals surface area contributed by atoms with Crippen molar-refractivity contribution >= 4 is 11.6 Å². The number of aliphatic hydroxyl groups is 1. The Balaban J connectivity index is 3.00. The van der Waals surface area contributed by atoms with Gasteiger partial charge in [0, 0.05) is 11.5 Å². The molecule has 5 nitrogen and oxygen atoms in total. The van der Waals surface area contributed by atoms with Crippen LogP contribution in [0.25, 0.3) is 0 Å². The van der Waals surface area contributed by atoms with Crippen molar-refractivity contribution < 1.29 is 5.11 Å². The van der Waals surface area contributed by atoms with E-state index in [0.717, 1.165) is 0 Å². The quantitative estimate of drug-likeness (QED) is 0.760. The summed E-state index contributed by atoms with van der Waals surface area (Å²) in [7, 11) is 0. The second kappa shape index (κ2) is 5.52. The first kappa shape index (κ1) is 14.7. The van der Waals surface area contributed by atoms with Crippen LogP contribution >= 0.6 is 0 Å². The number of aromatic nitrogens is 2. The van der Waals surface area contributed by atoms with Crippen molar-refractivity contribution in [2.24, 2.45) is 5.92 Å². The van der Waals surface area contributed by atoms with Gasteiger partial charge < -0.3 is 16.2 Å². The second-order valence-electron chi connectivity index (χ2n) is 5.93. The van der Waals surface area contributed by atoms with Gasteiger partial charge in [-0.05, 0) is 5.92 Å². The predicted molar refractivity (Wildman–Crippen MR) is 74.5 cm³/mol. The summed E-state index contributed by atoms with van der Waals surface area (Å²) >= 11 is 0. The van der Waals surface area contributed by atoms with Crippen LogP contribution < -0.4 is 11.1 Å². The van der Waals surface area contributed by atoms with Gasteiger partial charge in [-0.15, -0.1) is 0 Å². The summed E-state index contributed by atoms with van der Waals surface area (Å²) in [6, 6.07) is 1.66. The molecule has 0 amide bonds. The Morgan fingerprint density at radius 2 is 1.94 bits per heavy atom. The molecule has 102 valence electrons. The average Bonchev–Trinajstić information content (AvgIpc) is 2.23. The Kier molecular flexibility index (Phi) is 4.51. The topological polar surface area (TPSA) is 84.1 Å². The van der Waals surface area contributed by atoms with E-state index in [1.165, 1.54) is 0 Å². The Hall–Kier alpha value is -1.36. The third-order valence-electron chi connectivity index (χ3n) is 2.75. The van der Waals surface area contributed by atoms with Gasteiger partial charge in [0.25, 0.3) is 0 Å². The van der Waals surface area contributed by atoms with E-state index in [4.69, 9.17) is 5.73 Å². The van der Waals surface area contributed by atoms with E-state index in [1.807, 2.05) is 34.6 Å². The Morgan fingerprint density at radius 1 is 1.33 bits per heavy atom. The Morgan fingerprint density at radius 3 is 2.39 bits per heavy atom. The smallest absolute Gasteiger partial charge is 0.138 e. The summed E-state index contributed by atoms with van der Waals surface area (Å²) < 4.78 is 0. The number of rotatable bonds is 4. The number of aliphatic hydroxyl groups excluding tert-OH is 1. The molecule has 4 N–H and O–H groups in total. The van der Waals surface area contributed by atoms with Crippen molar-refractivity contribution in [1.29, 1.82) is 0 Å². The maximum absolute atomic E-state index is 9.32. The van der Waals surface area contributed by atoms with Gasteiger partial charge in [-0.3, -0.25) is 0 Å². The largest absolute Gasteiger partial charge is 0.394 e. The number of anilines is 2. The average molecular weight is 252 g/mol. The number of hydrogen-bond acceptors (Lipinski definition) is 5. The third kappa shape index (κ3) is 3.84. The fourth-order valence-electron chi connectivity index (χ4n) is 1.49. The molecule has 0 spiro atoms. The van der Waals surface area contributed by atoms with Gasteiger partial charge in [0.2, 0.25) is 0 Å². The first-order valence-corrected chi connectivity index (χ1v) is 6.26. The van der Waals surface area contributed by atoms with Crippen LogP contribution in [0, 0.1) is 5.92 Å². The Bertz CT molecular complexity index is 398. The van der Waals surface area contributed by atoms with Gasteiger partial charge >= 0.3 is 0 Å². The number of nitrogen functional groups attached to an aromatic ring is 1. The molecule has 1 atom stereocenters. The summed E-state index contributed by atoms with van der Waals surface area (Å²) in [5, 5.41) is 12.5. The fourth-order valence-corrected chi connectivity index (χ4v) is 1.49. The van der Waals surface area contributed by atoms with Crippen LogP contribution in [-0.4, -0.2) is 27.7 Å². The lowest BCUT2D eigenvalue weighted by Gasteiger charge is -2.23. The highest BCUT2D eigenvalue weighted by molar-refractivity contribution is 5.46. The van der Waals surface area contributed by atoms with Crippen LogP contribution in [0.5, 0.6) is 0 Å². The number of hydrogen-bond donors (Lipinski definition) is 3. The van der Waals surface area contributed by atoms with Gasteiger partial charge in [0.1, 0.15) is 17.5 Å². The lowest BCUT2D eigenvalue weighted by atomic mass is 9.96. The van der Waals surface area contributed by atoms with Gasteiger partial charge in [0.05, 0.1) is 12.6 Å². The zero-order chi connectivity index (χ0) is 13.9. The molecule has 5 heteroatoms. The minimum absolute atomic E-state index is 0.0351. The lowest BCUT2D eigenvalue weighted by molar-refractivity contribution is 0.249. The zero-order valence-electron chi connectivity index (χ0n) is 11.9. The van der Waals surface area contributed by atoms with Crippen LogP contribution in [0.1, 0.15) is 40.4 Å². The molecule has 1 heterocycles. The van der Waals surface area contributed by atoms with E-state index in [0.29, 0.717) is 23.4 Å². The van der Waals surface area contributed by atoms with E-state index in [2.05, 4.69) is 15.3 Å². The highest BCUT2D eigenvalue weighted by Crippen LogP contribution is 2.22. The highest BCUT2D eigenvalue weighted by atomic mass is 16.3. The predicted octanol–water partition coefficient (Wildman–Crippen LogP) is 1.79. The maximum Gasteiger partial charge on any atom is 0.138 e. The van der Waals surface area contributed by atoms with E-state index in [9.17, 15) is 5.11 Å². The van der Waals surface area contributed by atoms with Gasteiger partial charge in [0.15, 0.2) is 0 Å². The summed E-state index contributed by atoms with van der Waals surface area (Å²) in [6.45, 7) is 10.3. The third-order valence-corrected chi connectivity index (χ3v) is 2.75. The lowest BCUT2D eigenvalue weighted by Crippen LogP contribution is -2.30. The molecule has 18 heavy (non-hydrogen) atoms. The number of nitrogens with two attached hydrogens (primary N) is 1. The minimum atomic E-state index is -0.154. The van der Waals surface area contributed by atoms with Crippen LogP contribution in [0.3, 0.4) is 0 Å². The number of nitrogens with zero attached hydrogens (tertiary/aromatic N) is 2. The first-order chi connectivity index (χ1) is 8.24. The summed E-state index contributed by atoms with van der Waals surface area (Å²) in [6.07, 6.45) is 0. The van der Waals surface area contributed by atoms with Crippen molar-refractivity contribution in [3.05, 3.63) is 11.9 Å². The molecular formula is C13H24N4O. The van der Waals surface area contributed by atoms with E-state index in [-0.39, 0.29) is 18.1 Å². The van der Waals surface area contributed by atoms with E-state index >= 15 is 0 Å². The van der Waals surface area contributed by atoms with Gasteiger partial charge in [-0.2, -0.15) is 0 Å². The molecule has 0 aliphatic carbocycles. The number of nitrogens with one attached hydrogen (secondary N) is 1. The van der Waals surface area contributed by atoms with E-state index in [1.54, 1.807) is 6.07 Å². The summed E-state index contributed by atoms with van der Waals surface area (Å²) in [5.74, 6) is 2.12. The van der Waals surface area contributed by atoms with Crippen molar-refractivity contribution in [3.8, 4) is 0 Å². The molecule has 0 aromatic carbocycles. The van der Waals surface area contributed by atoms with Gasteiger partial charge in [-0.25, -0.2) is 9.97 Å². The molecule has 1 aromatic heterocycles. The van der Waals surface area contributed by atoms with Crippen LogP contribution in [0.2, 0.25) is 0 Å². The molecule has 0 fully saturated rings. The molecule has 0 radical (unpaired) electrons. The van der Waals surface area contributed by atoms with Crippen LogP contribution in [0.4, 0.5) is 11.6 Å². The Labute approximate surface area is 109 Å². The van der Waals surface area contributed by atoms with E-state index < -0.39 is 0 Å². The standard InChI is InChI=1S/C13H24N4O/c1-8(2)9(7-18)15-11-6-10(14)16-12(17-11)13(3,4)5/h6,8-9,18H,7H2,1-5H3,(H3,14,15,16,17)/t9-/m1/s1. The normalized spacial score (nSPS) is 13.7. The molecule has 0 aliphatic heterocycles. The fraction of sp³-hybridized carbons (Fsp3) is 0.692. The molecule has 1 aromatic rings. The van der Waals surface area contributed by atoms with Crippen molar-refractivity contribution in [2.45, 2.75) is 46.1 Å². The minimum Gasteiger partial charge on any atom is -0.394 e. The molecule has 0 bridgehead atoms. The van der Waals surface area contributed by atoms with Crippen LogP contribution in [0.15, 0.2) is 6.07 Å². The summed E-state index contributed by atoms with van der Waals surface area (Å²) in [4.78, 5) is 8.71. The maximum atomic E-state index is 9.32. The zero-order valence-corrected chi connectivity index (χ0v) is 11.9. The second-order valence-corrected chi connectivity index (χ2v) is 5.93. The molecule has 0 aliphatic rings. The summed E-state index contributed by atoms with van der Waals surface area (Å²) in [5.41, 5.74) is 5.64. The SMILES string of the molecule is CC(C)[C@@H](CO)Nc1cc(N)nc(C(C)(C)C)n1. The van der Waals surface area contributed by atoms with Crippen molar-refractivity contribution in [3.63, 3.8) is 0 Å². The first-order valence-electron chi connectivity index (χ1n) is 6.26. The van der Waals surface area contributed by atoms with Crippen LogP contribution in [-0.2, 0) is 5.41 Å². The molecule has 0 saturated heterocycles. The van der Waals surface area contributed by atoms with Crippen molar-refractivity contribution in [1.82, 2.24) is 9.97 Å². The van der Waals surface area contributed by atoms with Gasteiger partial charge in [-0.1, -0.05) is 34.6 Å². The van der Waals surface area contributed by atoms with Crippen molar-refractivity contribution in [2.75, 3.05) is 17.7 Å². The molecule has 0 saturated carbocycles. The molecule has 1 rings (SSSR count). The highest BCUT2D eigenvalue weighted by Gasteiger charge is 2.20. The molecule has 0 unspecified atom stereocenters. The molecular weight excluding hydrogens is 228 g/mol.